The van der Waals surface area contributed by atoms with Crippen molar-refractivity contribution < 1.29 is 56.0 Å². The van der Waals surface area contributed by atoms with Gasteiger partial charge in [0.2, 0.25) is 0 Å². The Morgan fingerprint density at radius 2 is 0.896 bits per heavy atom. The molecule has 0 atom stereocenters. The van der Waals surface area contributed by atoms with Crippen molar-refractivity contribution in [3.05, 3.63) is 94.0 Å². The number of aryl methyl sites for hydroxylation is 4. The summed E-state index contributed by atoms with van der Waals surface area (Å²) in [5.41, 5.74) is -0.282. The quantitative estimate of drug-likeness (QED) is 0.0752. The molecule has 6 N–H and O–H groups in total. The minimum Gasteiger partial charge on any atom is -0.507 e. The number of carboxylic acid groups (broad SMARTS) is 2. The van der Waals surface area contributed by atoms with Crippen LogP contribution in [-0.4, -0.2) is 58.3 Å². The Bertz CT molecular complexity index is 2090. The van der Waals surface area contributed by atoms with E-state index in [1.807, 2.05) is 0 Å². The monoisotopic (exact) mass is 698 g/mol. The molecule has 0 saturated carbocycles. The molecule has 0 aromatic heterocycles. The van der Waals surface area contributed by atoms with Crippen molar-refractivity contribution in [2.24, 2.45) is 20.5 Å². The second-order valence-corrected chi connectivity index (χ2v) is 13.1. The number of carbonyl (C=O) groups is 2. The molecular formula is C30H26N4O12S2. The molecule has 4 rings (SSSR count). The molecule has 0 saturated heterocycles. The zero-order chi connectivity index (χ0) is 35.6. The van der Waals surface area contributed by atoms with Crippen LogP contribution in [0.3, 0.4) is 0 Å². The van der Waals surface area contributed by atoms with Crippen LogP contribution in [0.4, 0.5) is 22.7 Å². The van der Waals surface area contributed by atoms with Gasteiger partial charge in [-0.1, -0.05) is 12.1 Å². The van der Waals surface area contributed by atoms with Gasteiger partial charge in [0.15, 0.2) is 0 Å². The van der Waals surface area contributed by atoms with E-state index in [-0.39, 0.29) is 57.8 Å². The smallest absolute Gasteiger partial charge is 0.339 e. The molecule has 4 aromatic rings. The molecule has 0 heterocycles. The molecule has 48 heavy (non-hydrogen) atoms. The predicted octanol–water partition coefficient (Wildman–Crippen LogP) is 6.22. The van der Waals surface area contributed by atoms with Crippen LogP contribution in [0, 0.1) is 13.8 Å². The highest BCUT2D eigenvalue weighted by Crippen LogP contribution is 2.32. The van der Waals surface area contributed by atoms with E-state index in [2.05, 4.69) is 20.5 Å². The maximum absolute atomic E-state index is 12.2. The third-order valence-corrected chi connectivity index (χ3v) is 8.79. The molecule has 0 aliphatic carbocycles. The van der Waals surface area contributed by atoms with Gasteiger partial charge in [-0.2, -0.15) is 37.3 Å². The zero-order valence-electron chi connectivity index (χ0n) is 24.9. The van der Waals surface area contributed by atoms with Crippen LogP contribution in [0.25, 0.3) is 0 Å². The van der Waals surface area contributed by atoms with Crippen molar-refractivity contribution in [3.8, 4) is 11.5 Å². The van der Waals surface area contributed by atoms with Crippen LogP contribution in [0.2, 0.25) is 0 Å². The van der Waals surface area contributed by atoms with Gasteiger partial charge in [0, 0.05) is 0 Å². The molecule has 0 amide bonds. The van der Waals surface area contributed by atoms with E-state index in [9.17, 15) is 56.0 Å². The number of aromatic carboxylic acids is 2. The first-order valence-corrected chi connectivity index (χ1v) is 16.4. The Kier molecular flexibility index (Phi) is 10.0. The molecule has 0 aliphatic heterocycles. The summed E-state index contributed by atoms with van der Waals surface area (Å²) in [6.45, 7) is 2.90. The van der Waals surface area contributed by atoms with E-state index >= 15 is 0 Å². The summed E-state index contributed by atoms with van der Waals surface area (Å²) in [4.78, 5) is 21.6. The van der Waals surface area contributed by atoms with Gasteiger partial charge in [-0.3, -0.25) is 9.11 Å². The largest absolute Gasteiger partial charge is 0.507 e. The number of carboxylic acids is 2. The zero-order valence-corrected chi connectivity index (χ0v) is 26.6. The Morgan fingerprint density at radius 1 is 0.562 bits per heavy atom. The summed E-state index contributed by atoms with van der Waals surface area (Å²) < 4.78 is 68.7. The number of rotatable bonds is 11. The summed E-state index contributed by atoms with van der Waals surface area (Å²) >= 11 is 0. The molecule has 0 radical (unpaired) electrons. The number of aromatic hydroxyl groups is 2. The molecule has 16 nitrogen and oxygen atoms in total. The van der Waals surface area contributed by atoms with Crippen molar-refractivity contribution in [2.45, 2.75) is 36.5 Å². The van der Waals surface area contributed by atoms with Crippen molar-refractivity contribution in [2.75, 3.05) is 0 Å². The lowest BCUT2D eigenvalue weighted by atomic mass is 10.0. The standard InChI is InChI=1S/C30H26N4O12S2/c1-15-9-21(11-23(27(15)35)29(37)38)33-31-19-7-5-17(25(13-19)47(41,42)43)3-4-18-6-8-20(14-26(18)48(44,45)46)32-34-22-10-16(2)28(36)24(12-22)30(39)40/h5-14,35-36H,3-4H2,1-2H3,(H,37,38)(H,39,40)(H,41,42,43)(H,44,45,46). The molecule has 0 fully saturated rings. The van der Waals surface area contributed by atoms with Crippen LogP contribution in [-0.2, 0) is 33.1 Å². The summed E-state index contributed by atoms with van der Waals surface area (Å²) in [6.07, 6.45) is -0.278. The summed E-state index contributed by atoms with van der Waals surface area (Å²) in [5, 5.41) is 54.0. The van der Waals surface area contributed by atoms with Gasteiger partial charge in [-0.05, 0) is 97.5 Å². The normalized spacial score (nSPS) is 12.2. The van der Waals surface area contributed by atoms with E-state index in [1.165, 1.54) is 50.2 Å². The van der Waals surface area contributed by atoms with Crippen molar-refractivity contribution in [1.29, 1.82) is 0 Å². The van der Waals surface area contributed by atoms with Crippen LogP contribution in [0.15, 0.2) is 90.9 Å². The number of azo groups is 2. The predicted molar refractivity (Wildman–Crippen MR) is 168 cm³/mol. The second-order valence-electron chi connectivity index (χ2n) is 10.4. The highest BCUT2D eigenvalue weighted by Gasteiger charge is 2.21. The van der Waals surface area contributed by atoms with Crippen molar-refractivity contribution in [1.82, 2.24) is 0 Å². The number of phenols is 2. The van der Waals surface area contributed by atoms with Gasteiger partial charge < -0.3 is 20.4 Å². The lowest BCUT2D eigenvalue weighted by Crippen LogP contribution is -2.07. The molecule has 0 aliphatic rings. The van der Waals surface area contributed by atoms with E-state index in [4.69, 9.17) is 0 Å². The van der Waals surface area contributed by atoms with E-state index in [1.54, 1.807) is 0 Å². The van der Waals surface area contributed by atoms with Crippen LogP contribution >= 0.6 is 0 Å². The van der Waals surface area contributed by atoms with Gasteiger partial charge in [0.1, 0.15) is 22.6 Å². The SMILES string of the molecule is Cc1cc(N=Nc2ccc(CCc3ccc(N=Nc4cc(C)c(O)c(C(=O)O)c4)cc3S(=O)(=O)O)c(S(=O)(=O)O)c2)cc(C(=O)O)c1O. The molecule has 0 unspecified atom stereocenters. The lowest BCUT2D eigenvalue weighted by molar-refractivity contribution is 0.0682. The minimum absolute atomic E-state index is 0.0402. The van der Waals surface area contributed by atoms with Gasteiger partial charge in [0.25, 0.3) is 20.2 Å². The lowest BCUT2D eigenvalue weighted by Gasteiger charge is -2.11. The Hall–Kier alpha value is -5.56. The summed E-state index contributed by atoms with van der Waals surface area (Å²) in [5.74, 6) is -3.70. The Morgan fingerprint density at radius 3 is 1.21 bits per heavy atom. The number of hydrogen-bond acceptors (Lipinski definition) is 12. The average molecular weight is 699 g/mol. The molecular weight excluding hydrogens is 672 g/mol. The minimum atomic E-state index is -4.83. The number of hydrogen-bond donors (Lipinski definition) is 6. The van der Waals surface area contributed by atoms with Crippen LogP contribution in [0.5, 0.6) is 11.5 Å². The maximum Gasteiger partial charge on any atom is 0.339 e. The fourth-order valence-corrected chi connectivity index (χ4v) is 6.11. The molecule has 0 spiro atoms. The van der Waals surface area contributed by atoms with Crippen LogP contribution in [0.1, 0.15) is 43.0 Å². The third-order valence-electron chi connectivity index (χ3n) is 6.91. The maximum atomic E-state index is 12.2. The van der Waals surface area contributed by atoms with Gasteiger partial charge in [0.05, 0.1) is 32.5 Å². The second kappa shape index (κ2) is 13.7. The first-order chi connectivity index (χ1) is 22.3. The molecule has 4 aromatic carbocycles. The average Bonchev–Trinajstić information content (AvgIpc) is 3.00. The fourth-order valence-electron chi connectivity index (χ4n) is 4.57. The summed E-state index contributed by atoms with van der Waals surface area (Å²) in [7, 11) is -9.65. The summed E-state index contributed by atoms with van der Waals surface area (Å²) in [6, 6.07) is 12.2. The Balaban J connectivity index is 1.62. The van der Waals surface area contributed by atoms with Crippen molar-refractivity contribution in [3.63, 3.8) is 0 Å². The fraction of sp³-hybridized carbons (Fsp3) is 0.133. The van der Waals surface area contributed by atoms with Gasteiger partial charge in [-0.15, -0.1) is 0 Å². The molecule has 250 valence electrons. The number of nitrogens with zero attached hydrogens (tertiary/aromatic N) is 4. The third kappa shape index (κ3) is 8.23. The van der Waals surface area contributed by atoms with Gasteiger partial charge >= 0.3 is 11.9 Å². The van der Waals surface area contributed by atoms with Gasteiger partial charge in [-0.25, -0.2) is 9.59 Å². The first kappa shape index (κ1) is 35.3. The molecule has 18 heteroatoms. The van der Waals surface area contributed by atoms with E-state index in [0.29, 0.717) is 0 Å². The van der Waals surface area contributed by atoms with Crippen LogP contribution < -0.4 is 0 Å². The first-order valence-electron chi connectivity index (χ1n) is 13.5. The number of benzene rings is 4. The Labute approximate surface area is 272 Å². The highest BCUT2D eigenvalue weighted by atomic mass is 32.2. The molecule has 0 bridgehead atoms. The van der Waals surface area contributed by atoms with E-state index < -0.39 is 64.6 Å². The highest BCUT2D eigenvalue weighted by molar-refractivity contribution is 7.86. The van der Waals surface area contributed by atoms with Crippen molar-refractivity contribution >= 4 is 54.9 Å². The topological polar surface area (TPSA) is 273 Å². The van der Waals surface area contributed by atoms with E-state index in [0.717, 1.165) is 24.3 Å².